The number of unbranched alkanes of at least 4 members (excludes halogenated alkanes) is 1. The van der Waals surface area contributed by atoms with Crippen LogP contribution >= 0.6 is 0 Å². The fourth-order valence-electron chi connectivity index (χ4n) is 2.37. The zero-order valence-corrected chi connectivity index (χ0v) is 11.0. The molecule has 2 N–H and O–H groups in total. The third-order valence-corrected chi connectivity index (χ3v) is 3.30. The second-order valence-electron chi connectivity index (χ2n) is 4.96. The van der Waals surface area contributed by atoms with E-state index in [1.165, 1.54) is 0 Å². The number of hydrogen-bond acceptors (Lipinski definition) is 3. The summed E-state index contributed by atoms with van der Waals surface area (Å²) in [6.45, 7) is 2.49. The number of rotatable bonds is 6. The molecule has 1 unspecified atom stereocenters. The lowest BCUT2D eigenvalue weighted by atomic mass is 9.84. The summed E-state index contributed by atoms with van der Waals surface area (Å²) in [7, 11) is 0. The van der Waals surface area contributed by atoms with Gasteiger partial charge in [-0.3, -0.25) is 4.79 Å². The molecule has 0 radical (unpaired) electrons. The number of carboxylic acids is 1. The van der Waals surface area contributed by atoms with Gasteiger partial charge in [-0.1, -0.05) is 19.8 Å². The fourth-order valence-corrected chi connectivity index (χ4v) is 2.37. The first-order chi connectivity index (χ1) is 8.61. The highest BCUT2D eigenvalue weighted by molar-refractivity contribution is 5.68. The van der Waals surface area contributed by atoms with E-state index in [1.807, 2.05) is 6.92 Å². The molecule has 5 heteroatoms. The minimum absolute atomic E-state index is 0.0669. The second-order valence-corrected chi connectivity index (χ2v) is 4.96. The Labute approximate surface area is 108 Å². The summed E-state index contributed by atoms with van der Waals surface area (Å²) in [5.74, 6) is -0.580. The van der Waals surface area contributed by atoms with E-state index in [9.17, 15) is 9.59 Å². The maximum absolute atomic E-state index is 11.5. The molecule has 0 heterocycles. The molecule has 18 heavy (non-hydrogen) atoms. The van der Waals surface area contributed by atoms with E-state index in [-0.39, 0.29) is 24.5 Å². The van der Waals surface area contributed by atoms with Crippen molar-refractivity contribution in [3.05, 3.63) is 0 Å². The topological polar surface area (TPSA) is 75.6 Å². The molecule has 1 fully saturated rings. The Hall–Kier alpha value is -1.26. The monoisotopic (exact) mass is 257 g/mol. The van der Waals surface area contributed by atoms with Crippen LogP contribution < -0.4 is 5.32 Å². The van der Waals surface area contributed by atoms with Crippen molar-refractivity contribution in [3.63, 3.8) is 0 Å². The van der Waals surface area contributed by atoms with E-state index < -0.39 is 5.97 Å². The first kappa shape index (κ1) is 14.8. The van der Waals surface area contributed by atoms with Gasteiger partial charge >= 0.3 is 12.1 Å². The number of carboxylic acid groups (broad SMARTS) is 1. The average Bonchev–Trinajstić information content (AvgIpc) is 2.28. The Morgan fingerprint density at radius 1 is 1.39 bits per heavy atom. The molecule has 1 aliphatic carbocycles. The maximum Gasteiger partial charge on any atom is 0.407 e. The predicted octanol–water partition coefficient (Wildman–Crippen LogP) is 2.55. The lowest BCUT2D eigenvalue weighted by Crippen LogP contribution is -2.39. The first-order valence-electron chi connectivity index (χ1n) is 6.77. The lowest BCUT2D eigenvalue weighted by molar-refractivity contribution is -0.138. The summed E-state index contributed by atoms with van der Waals surface area (Å²) in [5, 5.41) is 11.6. The van der Waals surface area contributed by atoms with Gasteiger partial charge in [0.1, 0.15) is 0 Å². The van der Waals surface area contributed by atoms with Crippen LogP contribution in [0.4, 0.5) is 4.79 Å². The van der Waals surface area contributed by atoms with Crippen LogP contribution in [0.1, 0.15) is 51.9 Å². The number of nitrogens with one attached hydrogen (secondary N) is 1. The van der Waals surface area contributed by atoms with E-state index in [0.29, 0.717) is 6.61 Å². The van der Waals surface area contributed by atoms with Crippen LogP contribution in [0.15, 0.2) is 0 Å². The summed E-state index contributed by atoms with van der Waals surface area (Å²) in [6, 6.07) is 0.0669. The van der Waals surface area contributed by atoms with E-state index in [1.54, 1.807) is 0 Å². The van der Waals surface area contributed by atoms with Crippen LogP contribution in [-0.4, -0.2) is 29.8 Å². The Morgan fingerprint density at radius 2 is 2.17 bits per heavy atom. The van der Waals surface area contributed by atoms with Gasteiger partial charge in [0.15, 0.2) is 0 Å². The van der Waals surface area contributed by atoms with Crippen LogP contribution in [-0.2, 0) is 9.53 Å². The van der Waals surface area contributed by atoms with Gasteiger partial charge in [-0.15, -0.1) is 0 Å². The molecule has 1 rings (SSSR count). The molecule has 1 amide bonds. The van der Waals surface area contributed by atoms with Crippen molar-refractivity contribution in [3.8, 4) is 0 Å². The Morgan fingerprint density at radius 3 is 2.83 bits per heavy atom. The summed E-state index contributed by atoms with van der Waals surface area (Å²) in [6.07, 6.45) is 5.27. The van der Waals surface area contributed by atoms with Crippen LogP contribution in [0.3, 0.4) is 0 Å². The molecule has 0 aromatic carbocycles. The van der Waals surface area contributed by atoms with Crippen molar-refractivity contribution < 1.29 is 19.4 Å². The highest BCUT2D eigenvalue weighted by atomic mass is 16.5. The number of ether oxygens (including phenoxy) is 1. The van der Waals surface area contributed by atoms with Gasteiger partial charge in [0.2, 0.25) is 0 Å². The van der Waals surface area contributed by atoms with E-state index in [2.05, 4.69) is 5.32 Å². The maximum atomic E-state index is 11.5. The summed E-state index contributed by atoms with van der Waals surface area (Å²) >= 11 is 0. The molecule has 1 aliphatic rings. The molecule has 1 saturated carbocycles. The van der Waals surface area contributed by atoms with Crippen LogP contribution in [0.5, 0.6) is 0 Å². The molecule has 104 valence electrons. The fraction of sp³-hybridized carbons (Fsp3) is 0.846. The van der Waals surface area contributed by atoms with Crippen molar-refractivity contribution in [1.29, 1.82) is 0 Å². The third-order valence-electron chi connectivity index (χ3n) is 3.30. The highest BCUT2D eigenvalue weighted by Crippen LogP contribution is 2.26. The van der Waals surface area contributed by atoms with Gasteiger partial charge in [0.05, 0.1) is 6.61 Å². The van der Waals surface area contributed by atoms with Crippen molar-refractivity contribution in [2.24, 2.45) is 5.92 Å². The van der Waals surface area contributed by atoms with Crippen molar-refractivity contribution in [2.45, 2.75) is 57.9 Å². The second kappa shape index (κ2) is 7.95. The highest BCUT2D eigenvalue weighted by Gasteiger charge is 2.25. The van der Waals surface area contributed by atoms with Gasteiger partial charge in [-0.2, -0.15) is 0 Å². The molecule has 0 aliphatic heterocycles. The van der Waals surface area contributed by atoms with Gasteiger partial charge < -0.3 is 15.2 Å². The first-order valence-corrected chi connectivity index (χ1v) is 6.77. The molecule has 0 aromatic heterocycles. The normalized spacial score (nSPS) is 23.4. The van der Waals surface area contributed by atoms with Crippen LogP contribution in [0.2, 0.25) is 0 Å². The Bertz CT molecular complexity index is 280. The molecular formula is C13H23NO4. The quantitative estimate of drug-likeness (QED) is 0.717. The van der Waals surface area contributed by atoms with E-state index in [0.717, 1.165) is 38.5 Å². The molecule has 5 nitrogen and oxygen atoms in total. The van der Waals surface area contributed by atoms with Crippen molar-refractivity contribution in [2.75, 3.05) is 6.61 Å². The standard InChI is InChI=1S/C13H23NO4/c1-2-3-7-18-13(17)14-11-6-4-5-10(8-11)9-12(15)16/h10-11H,2-9H2,1H3,(H,14,17)(H,15,16)/t10-,11?/m1/s1. The largest absolute Gasteiger partial charge is 0.481 e. The number of alkyl carbamates (subject to hydrolysis) is 1. The third kappa shape index (κ3) is 5.89. The molecular weight excluding hydrogens is 234 g/mol. The van der Waals surface area contributed by atoms with E-state index >= 15 is 0 Å². The Kier molecular flexibility index (Phi) is 6.54. The van der Waals surface area contributed by atoms with Crippen LogP contribution in [0, 0.1) is 5.92 Å². The zero-order chi connectivity index (χ0) is 13.4. The number of amides is 1. The van der Waals surface area contributed by atoms with Crippen molar-refractivity contribution in [1.82, 2.24) is 5.32 Å². The minimum Gasteiger partial charge on any atom is -0.481 e. The average molecular weight is 257 g/mol. The molecule has 0 spiro atoms. The molecule has 2 atom stereocenters. The van der Waals surface area contributed by atoms with Gasteiger partial charge in [-0.05, 0) is 31.6 Å². The van der Waals surface area contributed by atoms with Crippen molar-refractivity contribution >= 4 is 12.1 Å². The Balaban J connectivity index is 2.24. The van der Waals surface area contributed by atoms with Crippen LogP contribution in [0.25, 0.3) is 0 Å². The predicted molar refractivity (Wildman–Crippen MR) is 67.4 cm³/mol. The minimum atomic E-state index is -0.758. The smallest absolute Gasteiger partial charge is 0.407 e. The number of carbonyl (C=O) groups is 2. The number of aliphatic carboxylic acids is 1. The molecule has 0 aromatic rings. The molecule has 0 bridgehead atoms. The number of carbonyl (C=O) groups excluding carboxylic acids is 1. The summed E-state index contributed by atoms with van der Waals surface area (Å²) < 4.78 is 5.04. The molecule has 0 saturated heterocycles. The van der Waals surface area contributed by atoms with Gasteiger partial charge in [0, 0.05) is 12.5 Å². The number of hydrogen-bond donors (Lipinski definition) is 2. The SMILES string of the molecule is CCCCOC(=O)NC1CCC[C@@H](CC(=O)O)C1. The zero-order valence-electron chi connectivity index (χ0n) is 11.0. The van der Waals surface area contributed by atoms with E-state index in [4.69, 9.17) is 9.84 Å². The van der Waals surface area contributed by atoms with Gasteiger partial charge in [-0.25, -0.2) is 4.79 Å². The summed E-state index contributed by atoms with van der Waals surface area (Å²) in [4.78, 5) is 22.1. The lowest BCUT2D eigenvalue weighted by Gasteiger charge is -2.28. The van der Waals surface area contributed by atoms with Gasteiger partial charge in [0.25, 0.3) is 0 Å². The summed E-state index contributed by atoms with van der Waals surface area (Å²) in [5.41, 5.74) is 0.